The topological polar surface area (TPSA) is 83.7 Å². The summed E-state index contributed by atoms with van der Waals surface area (Å²) in [6, 6.07) is 20.8. The number of nitrogens with zero attached hydrogens (tertiary/aromatic N) is 3. The van der Waals surface area contributed by atoms with Crippen LogP contribution in [0.15, 0.2) is 88.4 Å². The van der Waals surface area contributed by atoms with Crippen LogP contribution in [0, 0.1) is 6.92 Å². The minimum absolute atomic E-state index is 0.130. The van der Waals surface area contributed by atoms with Crippen molar-refractivity contribution in [2.75, 3.05) is 15.7 Å². The molecule has 1 amide bonds. The Morgan fingerprint density at radius 2 is 1.87 bits per heavy atom. The number of thiazole rings is 1. The molecule has 0 bridgehead atoms. The number of furan rings is 1. The first-order valence-corrected chi connectivity index (χ1v) is 14.6. The van der Waals surface area contributed by atoms with Gasteiger partial charge in [-0.2, -0.15) is 0 Å². The van der Waals surface area contributed by atoms with Crippen molar-refractivity contribution in [1.29, 1.82) is 0 Å². The third kappa shape index (κ3) is 4.26. The van der Waals surface area contributed by atoms with Gasteiger partial charge in [0.1, 0.15) is 5.76 Å². The highest BCUT2D eigenvalue weighted by Gasteiger charge is 2.31. The molecule has 0 radical (unpaired) electrons. The second-order valence-corrected chi connectivity index (χ2v) is 12.2. The van der Waals surface area contributed by atoms with Gasteiger partial charge in [-0.15, -0.1) is 0 Å². The Bertz CT molecular complexity index is 1720. The quantitative estimate of drug-likeness (QED) is 0.237. The minimum Gasteiger partial charge on any atom is -0.467 e. The van der Waals surface area contributed by atoms with E-state index in [0.717, 1.165) is 21.3 Å². The second kappa shape index (κ2) is 9.58. The predicted octanol–water partition coefficient (Wildman–Crippen LogP) is 6.45. The van der Waals surface area contributed by atoms with Gasteiger partial charge < -0.3 is 4.42 Å². The molecule has 0 spiro atoms. The molecule has 1 aliphatic rings. The van der Waals surface area contributed by atoms with Crippen LogP contribution in [0.2, 0.25) is 5.02 Å². The molecule has 0 saturated heterocycles. The van der Waals surface area contributed by atoms with Crippen LogP contribution in [0.1, 0.15) is 27.2 Å². The number of anilines is 2. The summed E-state index contributed by atoms with van der Waals surface area (Å²) in [6.45, 7) is 2.49. The van der Waals surface area contributed by atoms with Gasteiger partial charge in [-0.25, -0.2) is 13.4 Å². The lowest BCUT2D eigenvalue weighted by molar-refractivity contribution is 0.0983. The molecule has 38 heavy (non-hydrogen) atoms. The van der Waals surface area contributed by atoms with Gasteiger partial charge in [0.2, 0.25) is 0 Å². The van der Waals surface area contributed by atoms with Crippen LogP contribution in [0.4, 0.5) is 10.8 Å². The molecular formula is C28H22ClN3O4S2. The number of hydrogen-bond donors (Lipinski definition) is 0. The first-order valence-electron chi connectivity index (χ1n) is 11.9. The van der Waals surface area contributed by atoms with Gasteiger partial charge in [0.15, 0.2) is 5.13 Å². The maximum Gasteiger partial charge on any atom is 0.264 e. The Morgan fingerprint density at radius 3 is 2.61 bits per heavy atom. The second-order valence-electron chi connectivity index (χ2n) is 8.99. The van der Waals surface area contributed by atoms with Gasteiger partial charge in [0, 0.05) is 12.1 Å². The van der Waals surface area contributed by atoms with E-state index < -0.39 is 10.0 Å². The van der Waals surface area contributed by atoms with E-state index in [9.17, 15) is 13.2 Å². The largest absolute Gasteiger partial charge is 0.467 e. The standard InChI is InChI=1S/C28H22ClN3O4S2/c1-18-8-13-23(29)26-25(18)30-28(37-26)31(17-21-6-4-16-36-21)27(33)20-9-11-22(12-10-20)38(34,35)32-15-14-19-5-2-3-7-24(19)32/h2-13,16H,14-15,17H2,1H3. The number of fused-ring (bicyclic) bond motifs is 2. The minimum atomic E-state index is -3.77. The van der Waals surface area contributed by atoms with Gasteiger partial charge in [-0.3, -0.25) is 14.0 Å². The highest BCUT2D eigenvalue weighted by atomic mass is 35.5. The SMILES string of the molecule is Cc1ccc(Cl)c2sc(N(Cc3ccco3)C(=O)c3ccc(S(=O)(=O)N4CCc5ccccc54)cc3)nc12. The van der Waals surface area contributed by atoms with Crippen LogP contribution in [-0.4, -0.2) is 25.9 Å². The molecule has 10 heteroatoms. The number of carbonyl (C=O) groups excluding carboxylic acids is 1. The predicted molar refractivity (Wildman–Crippen MR) is 150 cm³/mol. The summed E-state index contributed by atoms with van der Waals surface area (Å²) in [5.41, 5.74) is 3.72. The molecule has 0 atom stereocenters. The molecule has 6 rings (SSSR count). The van der Waals surface area contributed by atoms with Crippen molar-refractivity contribution in [3.63, 3.8) is 0 Å². The third-order valence-electron chi connectivity index (χ3n) is 6.59. The Balaban J connectivity index is 1.34. The van der Waals surface area contributed by atoms with Gasteiger partial charge >= 0.3 is 0 Å². The number of amides is 1. The van der Waals surface area contributed by atoms with E-state index in [1.165, 1.54) is 44.8 Å². The van der Waals surface area contributed by atoms with Gasteiger partial charge in [0.05, 0.1) is 38.6 Å². The fraction of sp³-hybridized carbons (Fsp3) is 0.143. The van der Waals surface area contributed by atoms with Crippen molar-refractivity contribution in [1.82, 2.24) is 4.98 Å². The number of para-hydroxylation sites is 1. The average molecular weight is 564 g/mol. The van der Waals surface area contributed by atoms with Crippen molar-refractivity contribution in [3.8, 4) is 0 Å². The van der Waals surface area contributed by atoms with E-state index in [0.29, 0.717) is 40.1 Å². The molecule has 0 saturated carbocycles. The van der Waals surface area contributed by atoms with E-state index in [1.807, 2.05) is 43.3 Å². The normalized spacial score (nSPS) is 13.2. The molecule has 7 nitrogen and oxygen atoms in total. The molecule has 1 aliphatic heterocycles. The fourth-order valence-electron chi connectivity index (χ4n) is 4.60. The van der Waals surface area contributed by atoms with E-state index in [1.54, 1.807) is 18.4 Å². The van der Waals surface area contributed by atoms with E-state index in [-0.39, 0.29) is 17.3 Å². The first-order chi connectivity index (χ1) is 18.3. The first kappa shape index (κ1) is 24.7. The summed E-state index contributed by atoms with van der Waals surface area (Å²) in [7, 11) is -3.77. The average Bonchev–Trinajstić information content (AvgIpc) is 3.69. The summed E-state index contributed by atoms with van der Waals surface area (Å²) < 4.78 is 34.5. The lowest BCUT2D eigenvalue weighted by Gasteiger charge is -2.21. The Labute approximate surface area is 229 Å². The Kier molecular flexibility index (Phi) is 6.22. The number of halogens is 1. The van der Waals surface area contributed by atoms with Crippen molar-refractivity contribution in [3.05, 3.63) is 107 Å². The van der Waals surface area contributed by atoms with Crippen LogP contribution in [0.5, 0.6) is 0 Å². The van der Waals surface area contributed by atoms with Crippen LogP contribution in [0.3, 0.4) is 0 Å². The molecule has 0 N–H and O–H groups in total. The smallest absolute Gasteiger partial charge is 0.264 e. The number of hydrogen-bond acceptors (Lipinski definition) is 6. The number of sulfonamides is 1. The van der Waals surface area contributed by atoms with Gasteiger partial charge in [-0.1, -0.05) is 47.2 Å². The molecule has 192 valence electrons. The summed E-state index contributed by atoms with van der Waals surface area (Å²) in [4.78, 5) is 20.1. The lowest BCUT2D eigenvalue weighted by atomic mass is 10.2. The summed E-state index contributed by atoms with van der Waals surface area (Å²) >= 11 is 7.75. The summed E-state index contributed by atoms with van der Waals surface area (Å²) in [5.74, 6) is 0.261. The monoisotopic (exact) mass is 563 g/mol. The van der Waals surface area contributed by atoms with E-state index in [4.69, 9.17) is 21.0 Å². The fourth-order valence-corrected chi connectivity index (χ4v) is 7.42. The third-order valence-corrected chi connectivity index (χ3v) is 9.96. The van der Waals surface area contributed by atoms with Gasteiger partial charge in [0.25, 0.3) is 15.9 Å². The molecule has 5 aromatic rings. The number of rotatable bonds is 6. The van der Waals surface area contributed by atoms with E-state index >= 15 is 0 Å². The van der Waals surface area contributed by atoms with Crippen molar-refractivity contribution < 1.29 is 17.6 Å². The number of carbonyl (C=O) groups is 1. The molecule has 3 aromatic carbocycles. The van der Waals surface area contributed by atoms with Gasteiger partial charge in [-0.05, 0) is 73.0 Å². The van der Waals surface area contributed by atoms with Crippen molar-refractivity contribution >= 4 is 59.9 Å². The summed E-state index contributed by atoms with van der Waals surface area (Å²) in [5, 5.41) is 1.04. The zero-order valence-electron chi connectivity index (χ0n) is 20.3. The highest BCUT2D eigenvalue weighted by molar-refractivity contribution is 7.92. The zero-order valence-corrected chi connectivity index (χ0v) is 22.7. The Morgan fingerprint density at radius 1 is 1.08 bits per heavy atom. The Hall–Kier alpha value is -3.66. The number of aromatic nitrogens is 1. The van der Waals surface area contributed by atoms with Crippen molar-refractivity contribution in [2.45, 2.75) is 24.8 Å². The van der Waals surface area contributed by atoms with Crippen molar-refractivity contribution in [2.24, 2.45) is 0 Å². The number of aryl methyl sites for hydroxylation is 1. The maximum atomic E-state index is 13.8. The zero-order chi connectivity index (χ0) is 26.4. The number of benzene rings is 3. The molecule has 0 unspecified atom stereocenters. The molecule has 0 aliphatic carbocycles. The van der Waals surface area contributed by atoms with E-state index in [2.05, 4.69) is 0 Å². The molecule has 2 aromatic heterocycles. The summed E-state index contributed by atoms with van der Waals surface area (Å²) in [6.07, 6.45) is 2.22. The van der Waals surface area contributed by atoms with Crippen LogP contribution in [-0.2, 0) is 23.0 Å². The lowest BCUT2D eigenvalue weighted by Crippen LogP contribution is -2.31. The van der Waals surface area contributed by atoms with Crippen LogP contribution >= 0.6 is 22.9 Å². The van der Waals surface area contributed by atoms with Crippen LogP contribution < -0.4 is 9.21 Å². The molecule has 3 heterocycles. The highest BCUT2D eigenvalue weighted by Crippen LogP contribution is 2.37. The molecular weight excluding hydrogens is 542 g/mol. The van der Waals surface area contributed by atoms with Crippen LogP contribution in [0.25, 0.3) is 10.2 Å². The molecule has 0 fully saturated rings. The maximum absolute atomic E-state index is 13.8.